The van der Waals surface area contributed by atoms with Crippen molar-refractivity contribution in [3.63, 3.8) is 0 Å². The second-order valence-corrected chi connectivity index (χ2v) is 13.0. The molecule has 0 radical (unpaired) electrons. The Morgan fingerprint density at radius 3 is 2.49 bits per heavy atom. The third kappa shape index (κ3) is 6.85. The Balaban J connectivity index is 1.23. The maximum Gasteiger partial charge on any atom is 0.344 e. The number of aromatic nitrogens is 1. The number of amides is 1. The van der Waals surface area contributed by atoms with Crippen molar-refractivity contribution in [2.75, 3.05) is 19.7 Å². The van der Waals surface area contributed by atoms with Crippen LogP contribution in [0.2, 0.25) is 5.02 Å². The van der Waals surface area contributed by atoms with Crippen molar-refractivity contribution < 1.29 is 19.5 Å². The number of benzene rings is 1. The van der Waals surface area contributed by atoms with Crippen LogP contribution in [0.3, 0.4) is 0 Å². The molecule has 1 saturated carbocycles. The Kier molecular flexibility index (Phi) is 9.29. The van der Waals surface area contributed by atoms with Gasteiger partial charge >= 0.3 is 5.97 Å². The fourth-order valence-corrected chi connectivity index (χ4v) is 7.87. The molecule has 0 spiro atoms. The highest BCUT2D eigenvalue weighted by atomic mass is 79.9. The molecule has 2 aliphatic carbocycles. The molecular formula is C29H32Br2ClN3O4. The van der Waals surface area contributed by atoms with Crippen LogP contribution >= 0.6 is 43.5 Å². The number of likely N-dealkylation sites (tertiary alicyclic amines) is 1. The van der Waals surface area contributed by atoms with Crippen LogP contribution in [0.15, 0.2) is 38.5 Å². The predicted molar refractivity (Wildman–Crippen MR) is 157 cm³/mol. The first-order chi connectivity index (χ1) is 18.8. The van der Waals surface area contributed by atoms with Crippen molar-refractivity contribution in [1.29, 1.82) is 0 Å². The maximum absolute atomic E-state index is 13.2. The number of carboxylic acid groups (broad SMARTS) is 1. The predicted octanol–water partition coefficient (Wildman–Crippen LogP) is 6.77. The SMILES string of the molecule is O=C(O)CON=C1CCC(CC(=O)N2CCC([C@H]3c4ncc(Br)cc4CCc4cc(Cl)cc(Br)c43)CC2)CC1. The van der Waals surface area contributed by atoms with Gasteiger partial charge in [-0.3, -0.25) is 9.78 Å². The van der Waals surface area contributed by atoms with Crippen molar-refractivity contribution in [3.8, 4) is 0 Å². The van der Waals surface area contributed by atoms with Crippen molar-refractivity contribution in [2.45, 2.75) is 63.7 Å². The Morgan fingerprint density at radius 1 is 1.05 bits per heavy atom. The van der Waals surface area contributed by atoms with Gasteiger partial charge in [0.1, 0.15) is 0 Å². The largest absolute Gasteiger partial charge is 0.479 e. The number of carboxylic acids is 1. The fourth-order valence-electron chi connectivity index (χ4n) is 6.37. The molecule has 1 N–H and O–H groups in total. The summed E-state index contributed by atoms with van der Waals surface area (Å²) in [7, 11) is 0. The van der Waals surface area contributed by atoms with Gasteiger partial charge in [-0.05, 0) is 114 Å². The fraction of sp³-hybridized carbons (Fsp3) is 0.517. The number of rotatable bonds is 6. The van der Waals surface area contributed by atoms with Crippen LogP contribution in [0, 0.1) is 11.8 Å². The van der Waals surface area contributed by atoms with Gasteiger partial charge in [0.15, 0.2) is 0 Å². The maximum atomic E-state index is 13.2. The molecule has 2 heterocycles. The summed E-state index contributed by atoms with van der Waals surface area (Å²) in [5, 5.41) is 13.4. The van der Waals surface area contributed by atoms with E-state index in [0.717, 1.165) is 89.8 Å². The quantitative estimate of drug-likeness (QED) is 0.340. The highest BCUT2D eigenvalue weighted by Crippen LogP contribution is 2.46. The summed E-state index contributed by atoms with van der Waals surface area (Å²) in [5.41, 5.74) is 5.89. The van der Waals surface area contributed by atoms with Crippen LogP contribution < -0.4 is 0 Å². The van der Waals surface area contributed by atoms with Gasteiger partial charge in [-0.2, -0.15) is 0 Å². The molecule has 5 rings (SSSR count). The smallest absolute Gasteiger partial charge is 0.344 e. The lowest BCUT2D eigenvalue weighted by molar-refractivity contribution is -0.142. The van der Waals surface area contributed by atoms with Crippen LogP contribution in [0.1, 0.15) is 73.2 Å². The molecule has 0 unspecified atom stereocenters. The Bertz CT molecular complexity index is 1270. The van der Waals surface area contributed by atoms with E-state index in [4.69, 9.17) is 26.5 Å². The zero-order valence-corrected chi connectivity index (χ0v) is 25.6. The lowest BCUT2D eigenvalue weighted by Crippen LogP contribution is -2.41. The molecule has 10 heteroatoms. The number of aliphatic carboxylic acids is 1. The average Bonchev–Trinajstić information content (AvgIpc) is 3.06. The number of carbonyl (C=O) groups is 2. The topological polar surface area (TPSA) is 92.1 Å². The number of halogens is 3. The normalized spacial score (nSPS) is 21.5. The van der Waals surface area contributed by atoms with Gasteiger partial charge in [-0.1, -0.05) is 32.7 Å². The number of piperidine rings is 1. The molecule has 0 bridgehead atoms. The van der Waals surface area contributed by atoms with E-state index in [1.807, 2.05) is 17.2 Å². The number of fused-ring (bicyclic) bond motifs is 2. The van der Waals surface area contributed by atoms with Gasteiger partial charge in [-0.15, -0.1) is 0 Å². The van der Waals surface area contributed by atoms with E-state index < -0.39 is 12.6 Å². The minimum Gasteiger partial charge on any atom is -0.479 e. The van der Waals surface area contributed by atoms with Gasteiger partial charge in [0, 0.05) is 45.6 Å². The Morgan fingerprint density at radius 2 is 1.77 bits per heavy atom. The number of aryl methyl sites for hydroxylation is 2. The summed E-state index contributed by atoms with van der Waals surface area (Å²) in [6, 6.07) is 6.30. The van der Waals surface area contributed by atoms with Crippen molar-refractivity contribution in [3.05, 3.63) is 60.7 Å². The molecule has 39 heavy (non-hydrogen) atoms. The van der Waals surface area contributed by atoms with Crippen LogP contribution in [0.25, 0.3) is 0 Å². The molecule has 208 valence electrons. The zero-order chi connectivity index (χ0) is 27.5. The van der Waals surface area contributed by atoms with Gasteiger partial charge in [0.2, 0.25) is 12.5 Å². The summed E-state index contributed by atoms with van der Waals surface area (Å²) >= 11 is 13.9. The minimum atomic E-state index is -1.03. The lowest BCUT2D eigenvalue weighted by atomic mass is 9.76. The van der Waals surface area contributed by atoms with E-state index >= 15 is 0 Å². The van der Waals surface area contributed by atoms with Gasteiger partial charge < -0.3 is 14.8 Å². The van der Waals surface area contributed by atoms with E-state index in [9.17, 15) is 9.59 Å². The van der Waals surface area contributed by atoms with Crippen LogP contribution in [0.4, 0.5) is 0 Å². The number of hydrogen-bond acceptors (Lipinski definition) is 5. The van der Waals surface area contributed by atoms with Crippen molar-refractivity contribution in [1.82, 2.24) is 9.88 Å². The van der Waals surface area contributed by atoms with E-state index in [0.29, 0.717) is 18.3 Å². The molecule has 7 nitrogen and oxygen atoms in total. The summed E-state index contributed by atoms with van der Waals surface area (Å²) in [6.45, 7) is 1.10. The first-order valence-electron chi connectivity index (χ1n) is 13.6. The van der Waals surface area contributed by atoms with Gasteiger partial charge in [-0.25, -0.2) is 4.79 Å². The molecule has 1 saturated heterocycles. The highest BCUT2D eigenvalue weighted by Gasteiger charge is 2.36. The molecule has 1 aliphatic heterocycles. The molecule has 1 aromatic carbocycles. The number of pyridine rings is 1. The van der Waals surface area contributed by atoms with E-state index in [1.54, 1.807) is 0 Å². The average molecular weight is 682 g/mol. The van der Waals surface area contributed by atoms with Crippen LogP contribution in [-0.2, 0) is 27.3 Å². The van der Waals surface area contributed by atoms with E-state index in [1.165, 1.54) is 16.7 Å². The third-order valence-electron chi connectivity index (χ3n) is 8.31. The summed E-state index contributed by atoms with van der Waals surface area (Å²) in [4.78, 5) is 35.7. The molecule has 2 fully saturated rings. The Labute approximate surface area is 250 Å². The standard InChI is InChI=1S/C29H32Br2ClN3O4/c30-21-12-20-4-3-19-13-22(32)14-24(31)27(19)28(29(20)33-15-21)18-7-9-35(10-8-18)25(36)11-17-1-5-23(6-2-17)34-39-16-26(37)38/h12-15,17-18,28H,1-11,16H2,(H,37,38)/t17?,28-/m1/s1. The number of oxime groups is 1. The summed E-state index contributed by atoms with van der Waals surface area (Å²) < 4.78 is 2.04. The first kappa shape index (κ1) is 28.6. The van der Waals surface area contributed by atoms with E-state index in [2.05, 4.69) is 49.1 Å². The van der Waals surface area contributed by atoms with Crippen molar-refractivity contribution >= 4 is 61.0 Å². The third-order valence-corrected chi connectivity index (χ3v) is 9.62. The monoisotopic (exact) mass is 679 g/mol. The molecule has 3 aliphatic rings. The van der Waals surface area contributed by atoms with Gasteiger partial charge in [0.25, 0.3) is 0 Å². The van der Waals surface area contributed by atoms with Crippen LogP contribution in [0.5, 0.6) is 0 Å². The molecule has 2 aromatic rings. The van der Waals surface area contributed by atoms with Crippen LogP contribution in [-0.4, -0.2) is 52.3 Å². The molecule has 1 amide bonds. The lowest BCUT2D eigenvalue weighted by Gasteiger charge is -2.37. The zero-order valence-electron chi connectivity index (χ0n) is 21.7. The molecule has 1 atom stereocenters. The van der Waals surface area contributed by atoms with Crippen molar-refractivity contribution in [2.24, 2.45) is 17.0 Å². The summed E-state index contributed by atoms with van der Waals surface area (Å²) in [6.07, 6.45) is 9.44. The number of carbonyl (C=O) groups excluding carboxylic acids is 1. The van der Waals surface area contributed by atoms with Gasteiger partial charge in [0.05, 0.1) is 11.4 Å². The number of nitrogens with zero attached hydrogens (tertiary/aromatic N) is 3. The minimum absolute atomic E-state index is 0.161. The summed E-state index contributed by atoms with van der Waals surface area (Å²) in [5.74, 6) is 0.0791. The van der Waals surface area contributed by atoms with E-state index in [-0.39, 0.29) is 11.8 Å². The Hall–Kier alpha value is -1.97. The molecular weight excluding hydrogens is 650 g/mol. The molecule has 1 aromatic heterocycles. The highest BCUT2D eigenvalue weighted by molar-refractivity contribution is 9.10. The second kappa shape index (κ2) is 12.7. The second-order valence-electron chi connectivity index (χ2n) is 10.8. The first-order valence-corrected chi connectivity index (χ1v) is 15.5. The number of hydrogen-bond donors (Lipinski definition) is 1.